The van der Waals surface area contributed by atoms with Gasteiger partial charge in [0.2, 0.25) is 5.78 Å². The molecule has 174 valence electrons. The minimum absolute atomic E-state index is 0.155. The number of esters is 1. The van der Waals surface area contributed by atoms with Gasteiger partial charge in [-0.3, -0.25) is 4.40 Å². The smallest absolute Gasteiger partial charge is 0.409 e. The molecule has 1 fully saturated rings. The summed E-state index contributed by atoms with van der Waals surface area (Å²) in [5.41, 5.74) is 0.580. The van der Waals surface area contributed by atoms with Crippen molar-refractivity contribution in [2.45, 2.75) is 19.4 Å². The molecule has 1 saturated heterocycles. The summed E-state index contributed by atoms with van der Waals surface area (Å²) in [4.78, 5) is 34.0. The second-order valence-electron chi connectivity index (χ2n) is 7.57. The van der Waals surface area contributed by atoms with Gasteiger partial charge in [0.25, 0.3) is 0 Å². The molecule has 0 spiro atoms. The van der Waals surface area contributed by atoms with E-state index in [0.717, 1.165) is 19.2 Å². The average molecular weight is 460 g/mol. The van der Waals surface area contributed by atoms with E-state index < -0.39 is 29.8 Å². The van der Waals surface area contributed by atoms with Crippen LogP contribution in [0, 0.1) is 18.6 Å². The summed E-state index contributed by atoms with van der Waals surface area (Å²) in [6.07, 6.45) is 0.844. The van der Waals surface area contributed by atoms with Crippen LogP contribution in [-0.4, -0.2) is 71.4 Å². The molecule has 0 saturated carbocycles. The van der Waals surface area contributed by atoms with Gasteiger partial charge in [0.15, 0.2) is 0 Å². The van der Waals surface area contributed by atoms with Gasteiger partial charge in [-0.05, 0) is 25.1 Å². The Labute approximate surface area is 187 Å². The van der Waals surface area contributed by atoms with Gasteiger partial charge < -0.3 is 19.1 Å². The topological polar surface area (TPSA) is 95.3 Å². The molecule has 0 aliphatic carbocycles. The molecule has 1 aliphatic rings. The van der Waals surface area contributed by atoms with Gasteiger partial charge in [-0.2, -0.15) is 0 Å². The number of carbonyl (C=O) groups is 2. The van der Waals surface area contributed by atoms with Crippen molar-refractivity contribution in [3.8, 4) is 11.3 Å². The van der Waals surface area contributed by atoms with E-state index in [2.05, 4.69) is 14.7 Å². The molecule has 0 N–H and O–H groups in total. The summed E-state index contributed by atoms with van der Waals surface area (Å²) in [7, 11) is 2.43. The second kappa shape index (κ2) is 9.10. The number of amides is 1. The van der Waals surface area contributed by atoms with Gasteiger partial charge in [-0.15, -0.1) is 0 Å². The van der Waals surface area contributed by atoms with E-state index in [9.17, 15) is 9.59 Å². The van der Waals surface area contributed by atoms with E-state index in [-0.39, 0.29) is 42.2 Å². The molecular weight excluding hydrogens is 438 g/mol. The Kier molecular flexibility index (Phi) is 6.23. The first kappa shape index (κ1) is 22.6. The number of nitrogens with zero attached hydrogens (tertiary/aromatic N) is 4. The predicted octanol–water partition coefficient (Wildman–Crippen LogP) is 2.78. The molecule has 9 nitrogen and oxygen atoms in total. The fourth-order valence-corrected chi connectivity index (χ4v) is 3.86. The van der Waals surface area contributed by atoms with Crippen LogP contribution in [0.4, 0.5) is 13.6 Å². The number of ether oxygens (including phenoxy) is 3. The number of carbonyl (C=O) groups excluding carboxylic acids is 2. The lowest BCUT2D eigenvalue weighted by Crippen LogP contribution is -2.46. The number of hydrogen-bond acceptors (Lipinski definition) is 7. The zero-order valence-corrected chi connectivity index (χ0v) is 18.3. The molecule has 1 aromatic carbocycles. The summed E-state index contributed by atoms with van der Waals surface area (Å²) in [6, 6.07) is 3.53. The third kappa shape index (κ3) is 4.36. The number of rotatable bonds is 4. The van der Waals surface area contributed by atoms with Gasteiger partial charge in [0.1, 0.15) is 11.6 Å². The molecule has 0 bridgehead atoms. The van der Waals surface area contributed by atoms with E-state index in [0.29, 0.717) is 17.9 Å². The molecule has 33 heavy (non-hydrogen) atoms. The van der Waals surface area contributed by atoms with Gasteiger partial charge in [-0.1, -0.05) is 0 Å². The molecule has 4 rings (SSSR count). The summed E-state index contributed by atoms with van der Waals surface area (Å²) in [5.74, 6) is -2.48. The normalized spacial score (nSPS) is 16.2. The first-order valence-electron chi connectivity index (χ1n) is 10.2. The zero-order chi connectivity index (χ0) is 23.7. The first-order chi connectivity index (χ1) is 15.8. The number of methoxy groups -OCH3 is 2. The molecular formula is C22H22F2N4O5. The van der Waals surface area contributed by atoms with Crippen LogP contribution in [0.2, 0.25) is 0 Å². The van der Waals surface area contributed by atoms with Gasteiger partial charge >= 0.3 is 12.1 Å². The number of aromatic nitrogens is 3. The Balaban J connectivity index is 1.79. The van der Waals surface area contributed by atoms with Crippen molar-refractivity contribution in [1.82, 2.24) is 19.3 Å². The third-order valence-corrected chi connectivity index (χ3v) is 5.40. The number of fused-ring (bicyclic) bond motifs is 1. The minimum Gasteiger partial charge on any atom is -0.465 e. The van der Waals surface area contributed by atoms with Crippen molar-refractivity contribution in [3.05, 3.63) is 53.0 Å². The molecule has 3 heterocycles. The van der Waals surface area contributed by atoms with E-state index in [1.165, 1.54) is 16.4 Å². The Hall–Kier alpha value is -3.60. The molecule has 1 aliphatic heterocycles. The van der Waals surface area contributed by atoms with E-state index >= 15 is 8.78 Å². The standard InChI is InChI=1S/C22H22F2N4O5/c1-12-4-5-28-19(18-15(23)8-13(9-16(18)24)20(29)31-2)17(26-21(28)25-12)10-14-11-27(6-7-33-14)22(30)32-3/h4-5,8-9,14H,6-7,10-11H2,1-3H3/t14-/m0/s1. The van der Waals surface area contributed by atoms with Crippen molar-refractivity contribution in [2.24, 2.45) is 0 Å². The molecule has 3 aromatic rings. The first-order valence-corrected chi connectivity index (χ1v) is 10.2. The Morgan fingerprint density at radius 2 is 1.91 bits per heavy atom. The fourth-order valence-electron chi connectivity index (χ4n) is 3.86. The van der Waals surface area contributed by atoms with Crippen molar-refractivity contribution < 1.29 is 32.6 Å². The molecule has 2 aromatic heterocycles. The van der Waals surface area contributed by atoms with Crippen LogP contribution >= 0.6 is 0 Å². The zero-order valence-electron chi connectivity index (χ0n) is 18.3. The number of morpholine rings is 1. The Bertz CT molecular complexity index is 1210. The summed E-state index contributed by atoms with van der Waals surface area (Å²) in [6.45, 7) is 2.67. The van der Waals surface area contributed by atoms with E-state index in [1.807, 2.05) is 0 Å². The van der Waals surface area contributed by atoms with Crippen molar-refractivity contribution in [2.75, 3.05) is 33.9 Å². The highest BCUT2D eigenvalue weighted by atomic mass is 19.1. The number of hydrogen-bond donors (Lipinski definition) is 0. The molecule has 0 radical (unpaired) electrons. The predicted molar refractivity (Wildman–Crippen MR) is 112 cm³/mol. The highest BCUT2D eigenvalue weighted by Crippen LogP contribution is 2.32. The lowest BCUT2D eigenvalue weighted by molar-refractivity contribution is -0.0240. The van der Waals surface area contributed by atoms with Crippen LogP contribution in [0.3, 0.4) is 0 Å². The lowest BCUT2D eigenvalue weighted by Gasteiger charge is -2.31. The van der Waals surface area contributed by atoms with Gasteiger partial charge in [0, 0.05) is 24.9 Å². The number of halogens is 2. The lowest BCUT2D eigenvalue weighted by atomic mass is 10.0. The van der Waals surface area contributed by atoms with Crippen LogP contribution in [0.1, 0.15) is 21.7 Å². The second-order valence-corrected chi connectivity index (χ2v) is 7.57. The van der Waals surface area contributed by atoms with Crippen molar-refractivity contribution in [3.63, 3.8) is 0 Å². The number of imidazole rings is 1. The molecule has 11 heteroatoms. The van der Waals surface area contributed by atoms with E-state index in [1.54, 1.807) is 19.2 Å². The minimum atomic E-state index is -0.945. The number of aryl methyl sites for hydroxylation is 1. The van der Waals surface area contributed by atoms with Crippen molar-refractivity contribution in [1.29, 1.82) is 0 Å². The van der Waals surface area contributed by atoms with Crippen LogP contribution in [0.25, 0.3) is 17.0 Å². The molecule has 1 atom stereocenters. The van der Waals surface area contributed by atoms with E-state index in [4.69, 9.17) is 9.47 Å². The summed E-state index contributed by atoms with van der Waals surface area (Å²) >= 11 is 0. The maximum Gasteiger partial charge on any atom is 0.409 e. The van der Waals surface area contributed by atoms with Crippen LogP contribution in [-0.2, 0) is 20.6 Å². The highest BCUT2D eigenvalue weighted by Gasteiger charge is 2.29. The number of benzene rings is 1. The van der Waals surface area contributed by atoms with Gasteiger partial charge in [-0.25, -0.2) is 28.3 Å². The third-order valence-electron chi connectivity index (χ3n) is 5.40. The fraction of sp³-hybridized carbons (Fsp3) is 0.364. The Morgan fingerprint density at radius 1 is 1.18 bits per heavy atom. The Morgan fingerprint density at radius 3 is 2.58 bits per heavy atom. The van der Waals surface area contributed by atoms with Crippen LogP contribution < -0.4 is 0 Å². The monoisotopic (exact) mass is 460 g/mol. The largest absolute Gasteiger partial charge is 0.465 e. The summed E-state index contributed by atoms with van der Waals surface area (Å²) < 4.78 is 46.9. The van der Waals surface area contributed by atoms with Crippen molar-refractivity contribution >= 4 is 17.8 Å². The molecule has 1 amide bonds. The quantitative estimate of drug-likeness (QED) is 0.553. The average Bonchev–Trinajstić information content (AvgIpc) is 3.14. The maximum atomic E-state index is 15.1. The molecule has 0 unspecified atom stereocenters. The van der Waals surface area contributed by atoms with Crippen LogP contribution in [0.5, 0.6) is 0 Å². The maximum absolute atomic E-state index is 15.1. The highest BCUT2D eigenvalue weighted by molar-refractivity contribution is 5.90. The SMILES string of the molecule is COC(=O)c1cc(F)c(-c2c(C[C@H]3CN(C(=O)OC)CCO3)nc3nc(C)ccn23)c(F)c1. The summed E-state index contributed by atoms with van der Waals surface area (Å²) in [5, 5.41) is 0. The van der Waals surface area contributed by atoms with Crippen LogP contribution in [0.15, 0.2) is 24.4 Å². The van der Waals surface area contributed by atoms with Gasteiger partial charge in [0.05, 0.1) is 56.0 Å².